The number of unbranched alkanes of at least 4 members (excludes halogenated alkanes) is 3. The number of nitrogens with zero attached hydrogens (tertiary/aromatic N) is 3. The molecular formula is C80H92BrCl6LiN6O7S3Sn. The number of benzene rings is 6. The number of carbonyl (C=O) groups excluding carboxylic acids is 2. The molecule has 0 aliphatic rings. The van der Waals surface area contributed by atoms with E-state index in [-0.39, 0.29) is 54.7 Å². The minimum Gasteiger partial charge on any atom is -0.870 e. The summed E-state index contributed by atoms with van der Waals surface area (Å²) in [6.07, 6.45) is 10.1. The zero-order valence-corrected chi connectivity index (χ0v) is 72.4. The molecule has 25 heteroatoms. The van der Waals surface area contributed by atoms with E-state index in [1.807, 2.05) is 123 Å². The number of carbonyl (C=O) groups is 3. The minimum absolute atomic E-state index is 0. The van der Waals surface area contributed by atoms with Crippen LogP contribution >= 0.6 is 120 Å². The van der Waals surface area contributed by atoms with Gasteiger partial charge >= 0.3 is 145 Å². The van der Waals surface area contributed by atoms with Crippen LogP contribution in [0, 0.1) is 17.8 Å². The Bertz CT molecular complexity index is 4230. The quantitative estimate of drug-likeness (QED) is 0.0224. The first-order valence-electron chi connectivity index (χ1n) is 34.1. The van der Waals surface area contributed by atoms with Gasteiger partial charge in [-0.15, -0.1) is 0 Å². The predicted molar refractivity (Wildman–Crippen MR) is 450 cm³/mol. The standard InChI is InChI=1S/C23H22Cl2N2O2S.C22H20Cl2N2O2S.C20H17BrCl2N2O2S.3C4H9.C3H5.Li.H2O.Sn/c1-14(2)21-20(16-9-10-18(24)19(25)12-16)27-23(30-21)26-13-17(22(28)29-3)11-15-7-5-4-6-8-15;1-13(2)20-19(15-8-9-17(23)18(24)11-15)26-22(29-20)25-12-16(21(27)28)10-14-6-4-3-5-7-14;1-27-19(26)14(9-12-5-3-2-4-6-12)11-24-20-25-17(18(21)28-20)13-7-8-15(22)16(23)10-13;3*1-3-4-2;1-3-2;;;/h4-10,12,17H,1,11,13H2,2-3H3,(H,26,27);3-9,11,16H,1,10,12H2,2H3,(H,25,26)(H,27,28);2-8,10,14H,9,11H2,1H3,(H,24,25);3*1,3-4H2,2H3;1H2,2H3;;1H2;/q;;;;;;;+1;;/p-1. The van der Waals surface area contributed by atoms with E-state index in [2.05, 4.69) is 89.3 Å². The third kappa shape index (κ3) is 29.3. The second kappa shape index (κ2) is 47.7. The number of hydrogen-bond acceptors (Lipinski definition) is 15. The number of halogens is 7. The molecule has 0 amide bonds. The van der Waals surface area contributed by atoms with Crippen LogP contribution in [-0.2, 0) is 43.1 Å². The molecule has 0 fully saturated rings. The molecule has 3 atom stereocenters. The van der Waals surface area contributed by atoms with Gasteiger partial charge in [-0.05, 0) is 113 Å². The number of allylic oxidation sites excluding steroid dienone is 3. The summed E-state index contributed by atoms with van der Waals surface area (Å²) >= 11 is 42.5. The van der Waals surface area contributed by atoms with Crippen molar-refractivity contribution in [3.63, 3.8) is 0 Å². The van der Waals surface area contributed by atoms with Crippen molar-refractivity contribution < 1.29 is 53.3 Å². The summed E-state index contributed by atoms with van der Waals surface area (Å²) in [6, 6.07) is 45.5. The van der Waals surface area contributed by atoms with Crippen LogP contribution in [0.2, 0.25) is 43.4 Å². The van der Waals surface area contributed by atoms with Gasteiger partial charge in [-0.25, -0.2) is 15.0 Å². The summed E-state index contributed by atoms with van der Waals surface area (Å²) in [5, 5.41) is 24.2. The van der Waals surface area contributed by atoms with Crippen LogP contribution in [0.3, 0.4) is 0 Å². The summed E-state index contributed by atoms with van der Waals surface area (Å²) in [7, 11) is 2.81. The number of carboxylic acid groups (broad SMARTS) is 1. The largest absolute Gasteiger partial charge is 1.00 e. The van der Waals surface area contributed by atoms with Crippen LogP contribution in [0.1, 0.15) is 107 Å². The molecule has 0 saturated carbocycles. The molecule has 556 valence electrons. The Balaban J connectivity index is 0.000000301. The number of carboxylic acids is 1. The first-order valence-corrected chi connectivity index (χ1v) is 47.1. The third-order valence-electron chi connectivity index (χ3n) is 17.0. The van der Waals surface area contributed by atoms with Crippen molar-refractivity contribution in [2.45, 2.75) is 113 Å². The second-order valence-electron chi connectivity index (χ2n) is 25.0. The molecule has 3 unspecified atom stereocenters. The maximum Gasteiger partial charge on any atom is 1.00 e. The van der Waals surface area contributed by atoms with Gasteiger partial charge in [0, 0.05) is 36.3 Å². The maximum absolute atomic E-state index is 12.3. The van der Waals surface area contributed by atoms with Crippen molar-refractivity contribution in [3.05, 3.63) is 229 Å². The van der Waals surface area contributed by atoms with Crippen LogP contribution < -0.4 is 34.8 Å². The summed E-state index contributed by atoms with van der Waals surface area (Å²) in [4.78, 5) is 52.1. The van der Waals surface area contributed by atoms with Crippen molar-refractivity contribution >= 4 is 182 Å². The van der Waals surface area contributed by atoms with Crippen molar-refractivity contribution in [1.29, 1.82) is 0 Å². The molecule has 0 aliphatic heterocycles. The molecule has 9 aromatic rings. The minimum atomic E-state index is -1.94. The van der Waals surface area contributed by atoms with E-state index >= 15 is 0 Å². The van der Waals surface area contributed by atoms with E-state index in [4.69, 9.17) is 84.1 Å². The van der Waals surface area contributed by atoms with Crippen molar-refractivity contribution in [3.8, 4) is 33.8 Å². The summed E-state index contributed by atoms with van der Waals surface area (Å²) in [5.74, 6) is -2.57. The smallest absolute Gasteiger partial charge is 0.870 e. The Morgan fingerprint density at radius 3 is 1.09 bits per heavy atom. The second-order valence-corrected chi connectivity index (χ2v) is 45.8. The number of nitrogens with one attached hydrogen (secondary N) is 3. The Kier molecular flexibility index (Phi) is 41.9. The fourth-order valence-electron chi connectivity index (χ4n) is 11.2. The molecule has 5 N–H and O–H groups in total. The first-order chi connectivity index (χ1) is 49.3. The monoisotopic (exact) mass is 1760 g/mol. The van der Waals surface area contributed by atoms with Gasteiger partial charge in [-0.1, -0.05) is 226 Å². The Morgan fingerprint density at radius 2 is 0.790 bits per heavy atom. The normalized spacial score (nSPS) is 11.6. The number of rotatable bonds is 33. The van der Waals surface area contributed by atoms with Crippen LogP contribution in [0.4, 0.5) is 15.4 Å². The van der Waals surface area contributed by atoms with Crippen molar-refractivity contribution in [1.82, 2.24) is 15.0 Å². The number of ether oxygens (including phenoxy) is 2. The SMILES string of the molecule is C=C(C)c1sc(NCC(Cc2ccccc2)C(=O)O)nc1-c1ccc(Cl)c(Cl)c1.C=C(C)c1sc(NCC(Cc2ccccc2)C(=O)OC)nc1-c1ccc(Cl)c(Cl)c1.C=[C](C)[Sn]([CH2]CCC)([CH2]CCC)[CH2]CCC.COC(=O)C(CNc1nc(-c2ccc(Cl)c(Cl)c2)c(Br)s1)Cc1ccccc1.[Li+].[OH-]. The molecular weight excluding hydrogens is 1670 g/mol. The number of thiazole rings is 3. The zero-order chi connectivity index (χ0) is 75.2. The van der Waals surface area contributed by atoms with E-state index in [1.54, 1.807) is 53.3 Å². The van der Waals surface area contributed by atoms with Gasteiger partial charge in [-0.3, -0.25) is 14.4 Å². The molecule has 3 aromatic heterocycles. The molecule has 13 nitrogen and oxygen atoms in total. The molecule has 6 aromatic carbocycles. The van der Waals surface area contributed by atoms with Crippen molar-refractivity contribution in [2.75, 3.05) is 49.8 Å². The Hall–Kier alpha value is -5.18. The van der Waals surface area contributed by atoms with E-state index < -0.39 is 30.3 Å². The number of aromatic nitrogens is 3. The van der Waals surface area contributed by atoms with E-state index in [1.165, 1.54) is 86.8 Å². The molecule has 105 heavy (non-hydrogen) atoms. The summed E-state index contributed by atoms with van der Waals surface area (Å²) < 4.78 is 17.2. The summed E-state index contributed by atoms with van der Waals surface area (Å²) in [5.41, 5.74) is 9.77. The van der Waals surface area contributed by atoms with E-state index in [0.29, 0.717) is 77.9 Å². The molecule has 0 saturated heterocycles. The number of methoxy groups -OCH3 is 2. The molecule has 0 bridgehead atoms. The molecule has 0 aliphatic carbocycles. The topological polar surface area (TPSA) is 195 Å². The Labute approximate surface area is 686 Å². The average molecular weight is 1760 g/mol. The van der Waals surface area contributed by atoms with Gasteiger partial charge in [0.05, 0.1) is 92.7 Å². The zero-order valence-electron chi connectivity index (χ0n) is 61.0. The average Bonchev–Trinajstić information content (AvgIpc) is 1.78. The van der Waals surface area contributed by atoms with Gasteiger partial charge in [0.2, 0.25) is 0 Å². The van der Waals surface area contributed by atoms with E-state index in [0.717, 1.165) is 75.1 Å². The predicted octanol–water partition coefficient (Wildman–Crippen LogP) is 22.2. The molecule has 9 rings (SSSR count). The third-order valence-corrected chi connectivity index (χ3v) is 39.6. The summed E-state index contributed by atoms with van der Waals surface area (Å²) in [6.45, 7) is 26.8. The van der Waals surface area contributed by atoms with Gasteiger partial charge in [-0.2, -0.15) is 0 Å². The van der Waals surface area contributed by atoms with Gasteiger partial charge in [0.15, 0.2) is 15.4 Å². The Morgan fingerprint density at radius 1 is 0.486 bits per heavy atom. The number of anilines is 3. The molecule has 0 spiro atoms. The van der Waals surface area contributed by atoms with Gasteiger partial charge in [0.25, 0.3) is 0 Å². The van der Waals surface area contributed by atoms with Crippen LogP contribution in [0.15, 0.2) is 173 Å². The van der Waals surface area contributed by atoms with Gasteiger partial charge < -0.3 is 36.0 Å². The van der Waals surface area contributed by atoms with Crippen molar-refractivity contribution in [2.24, 2.45) is 17.8 Å². The van der Waals surface area contributed by atoms with E-state index in [9.17, 15) is 19.5 Å². The van der Waals surface area contributed by atoms with Crippen LogP contribution in [0.25, 0.3) is 44.9 Å². The fraction of sp³-hybridized carbons (Fsp3) is 0.325. The fourth-order valence-corrected chi connectivity index (χ4v) is 30.0. The van der Waals surface area contributed by atoms with Gasteiger partial charge in [0.1, 0.15) is 0 Å². The maximum atomic E-state index is 12.3. The van der Waals surface area contributed by atoms with Crippen LogP contribution in [0.5, 0.6) is 0 Å². The molecule has 3 heterocycles. The number of hydrogen-bond donors (Lipinski definition) is 4. The number of esters is 2. The van der Waals surface area contributed by atoms with Crippen LogP contribution in [-0.4, -0.2) is 95.7 Å². The number of aliphatic carboxylic acids is 1. The first kappa shape index (κ1) is 92.2. The molecule has 0 radical (unpaired) electrons.